The van der Waals surface area contributed by atoms with Gasteiger partial charge in [-0.2, -0.15) is 18.3 Å². The average molecular weight is 291 g/mol. The molecule has 0 aromatic carbocycles. The van der Waals surface area contributed by atoms with E-state index in [0.29, 0.717) is 12.1 Å². The van der Waals surface area contributed by atoms with Crippen LogP contribution in [0.2, 0.25) is 5.28 Å². The van der Waals surface area contributed by atoms with Gasteiger partial charge in [-0.1, -0.05) is 6.92 Å². The van der Waals surface area contributed by atoms with Crippen molar-refractivity contribution in [1.82, 2.24) is 19.7 Å². The first-order chi connectivity index (χ1) is 8.90. The van der Waals surface area contributed by atoms with E-state index in [1.807, 2.05) is 6.92 Å². The zero-order valence-electron chi connectivity index (χ0n) is 9.95. The Kier molecular flexibility index (Phi) is 3.75. The Hall–Kier alpha value is -1.63. The van der Waals surface area contributed by atoms with Crippen LogP contribution >= 0.6 is 11.6 Å². The summed E-state index contributed by atoms with van der Waals surface area (Å²) in [5, 5.41) is 3.60. The van der Waals surface area contributed by atoms with E-state index >= 15 is 0 Å². The third-order valence-corrected chi connectivity index (χ3v) is 2.54. The van der Waals surface area contributed by atoms with Crippen molar-refractivity contribution in [2.24, 2.45) is 0 Å². The minimum atomic E-state index is -4.55. The molecule has 0 unspecified atom stereocenters. The van der Waals surface area contributed by atoms with Crippen LogP contribution in [-0.2, 0) is 12.7 Å². The van der Waals surface area contributed by atoms with E-state index in [-0.39, 0.29) is 5.69 Å². The number of aryl methyl sites for hydroxylation is 1. The van der Waals surface area contributed by atoms with Gasteiger partial charge in [0.15, 0.2) is 0 Å². The fourth-order valence-corrected chi connectivity index (χ4v) is 1.74. The van der Waals surface area contributed by atoms with Crippen molar-refractivity contribution >= 4 is 11.6 Å². The highest BCUT2D eigenvalue weighted by atomic mass is 35.5. The van der Waals surface area contributed by atoms with Gasteiger partial charge in [-0.25, -0.2) is 9.97 Å². The van der Waals surface area contributed by atoms with Crippen LogP contribution in [-0.4, -0.2) is 19.7 Å². The van der Waals surface area contributed by atoms with Crippen LogP contribution in [0, 0.1) is 0 Å². The predicted molar refractivity (Wildman–Crippen MR) is 63.6 cm³/mol. The molecule has 2 aromatic heterocycles. The second kappa shape index (κ2) is 5.16. The van der Waals surface area contributed by atoms with Crippen molar-refractivity contribution in [2.45, 2.75) is 26.1 Å². The average Bonchev–Trinajstić information content (AvgIpc) is 2.76. The second-order valence-electron chi connectivity index (χ2n) is 3.90. The van der Waals surface area contributed by atoms with Crippen molar-refractivity contribution in [2.75, 3.05) is 0 Å². The van der Waals surface area contributed by atoms with E-state index in [2.05, 4.69) is 15.1 Å². The van der Waals surface area contributed by atoms with Crippen molar-refractivity contribution < 1.29 is 13.2 Å². The molecule has 0 bridgehead atoms. The Morgan fingerprint density at radius 1 is 1.32 bits per heavy atom. The molecule has 0 atom stereocenters. The number of halogens is 4. The monoisotopic (exact) mass is 290 g/mol. The molecule has 0 amide bonds. The number of nitrogens with zero attached hydrogens (tertiary/aromatic N) is 4. The van der Waals surface area contributed by atoms with Gasteiger partial charge in [0.05, 0.1) is 11.9 Å². The molecule has 19 heavy (non-hydrogen) atoms. The minimum Gasteiger partial charge on any atom is -0.272 e. The largest absolute Gasteiger partial charge is 0.433 e. The zero-order valence-corrected chi connectivity index (χ0v) is 10.7. The molecular weight excluding hydrogens is 281 g/mol. The van der Waals surface area contributed by atoms with E-state index < -0.39 is 17.2 Å². The normalized spacial score (nSPS) is 11.8. The lowest BCUT2D eigenvalue weighted by molar-refractivity contribution is -0.141. The molecule has 2 heterocycles. The molecule has 0 saturated heterocycles. The molecule has 102 valence electrons. The lowest BCUT2D eigenvalue weighted by Gasteiger charge is -2.07. The fourth-order valence-electron chi connectivity index (χ4n) is 1.56. The summed E-state index contributed by atoms with van der Waals surface area (Å²) in [4.78, 5) is 6.97. The molecule has 0 aliphatic rings. The maximum absolute atomic E-state index is 12.6. The summed E-state index contributed by atoms with van der Waals surface area (Å²) in [7, 11) is 0. The Bertz CT molecular complexity index is 580. The Balaban J connectivity index is 2.41. The molecule has 4 nitrogen and oxygen atoms in total. The summed E-state index contributed by atoms with van der Waals surface area (Å²) in [6.45, 7) is 2.66. The number of alkyl halides is 3. The second-order valence-corrected chi connectivity index (χ2v) is 4.24. The summed E-state index contributed by atoms with van der Waals surface area (Å²) in [5.74, 6) is 0. The van der Waals surface area contributed by atoms with Crippen molar-refractivity contribution in [1.29, 1.82) is 0 Å². The van der Waals surface area contributed by atoms with Crippen molar-refractivity contribution in [3.8, 4) is 11.3 Å². The maximum atomic E-state index is 12.6. The molecular formula is C11H10ClF3N4. The smallest absolute Gasteiger partial charge is 0.272 e. The molecule has 0 fully saturated rings. The highest BCUT2D eigenvalue weighted by Gasteiger charge is 2.33. The Morgan fingerprint density at radius 3 is 2.68 bits per heavy atom. The van der Waals surface area contributed by atoms with Crippen molar-refractivity contribution in [3.05, 3.63) is 29.4 Å². The molecule has 0 N–H and O–H groups in total. The molecule has 0 radical (unpaired) electrons. The predicted octanol–water partition coefficient (Wildman–Crippen LogP) is 3.42. The molecule has 0 aliphatic heterocycles. The van der Waals surface area contributed by atoms with Gasteiger partial charge in [-0.05, 0) is 24.1 Å². The van der Waals surface area contributed by atoms with Gasteiger partial charge in [0.2, 0.25) is 5.28 Å². The highest BCUT2D eigenvalue weighted by molar-refractivity contribution is 6.28. The van der Waals surface area contributed by atoms with E-state index in [0.717, 1.165) is 12.5 Å². The summed E-state index contributed by atoms with van der Waals surface area (Å²) < 4.78 is 39.5. The molecule has 2 aromatic rings. The first-order valence-electron chi connectivity index (χ1n) is 5.54. The van der Waals surface area contributed by atoms with Crippen LogP contribution in [0.5, 0.6) is 0 Å². The van der Waals surface area contributed by atoms with Crippen LogP contribution in [0.4, 0.5) is 13.2 Å². The van der Waals surface area contributed by atoms with Crippen LogP contribution < -0.4 is 0 Å². The van der Waals surface area contributed by atoms with Gasteiger partial charge in [0.1, 0.15) is 5.69 Å². The molecule has 0 spiro atoms. The van der Waals surface area contributed by atoms with E-state index in [9.17, 15) is 13.2 Å². The van der Waals surface area contributed by atoms with Gasteiger partial charge in [0.25, 0.3) is 0 Å². The maximum Gasteiger partial charge on any atom is 0.433 e. The minimum absolute atomic E-state index is 0.106. The van der Waals surface area contributed by atoms with Gasteiger partial charge in [-0.3, -0.25) is 4.68 Å². The lowest BCUT2D eigenvalue weighted by atomic mass is 10.2. The van der Waals surface area contributed by atoms with Crippen LogP contribution in [0.25, 0.3) is 11.3 Å². The summed E-state index contributed by atoms with van der Waals surface area (Å²) >= 11 is 5.52. The first kappa shape index (κ1) is 13.8. The summed E-state index contributed by atoms with van der Waals surface area (Å²) in [6, 6.07) is 0.860. The topological polar surface area (TPSA) is 43.6 Å². The van der Waals surface area contributed by atoms with Gasteiger partial charge in [0, 0.05) is 18.3 Å². The van der Waals surface area contributed by atoms with Gasteiger partial charge in [-0.15, -0.1) is 0 Å². The summed E-state index contributed by atoms with van der Waals surface area (Å²) in [5.41, 5.74) is -0.483. The van der Waals surface area contributed by atoms with Gasteiger partial charge < -0.3 is 0 Å². The zero-order chi connectivity index (χ0) is 14.0. The van der Waals surface area contributed by atoms with Crippen LogP contribution in [0.15, 0.2) is 18.5 Å². The molecule has 8 heteroatoms. The first-order valence-corrected chi connectivity index (χ1v) is 5.92. The SMILES string of the molecule is CCCn1cc(-c2cc(C(F)(F)F)nc(Cl)n2)cn1. The lowest BCUT2D eigenvalue weighted by Crippen LogP contribution is -2.09. The number of aromatic nitrogens is 4. The highest BCUT2D eigenvalue weighted by Crippen LogP contribution is 2.30. The van der Waals surface area contributed by atoms with E-state index in [1.54, 1.807) is 10.9 Å². The van der Waals surface area contributed by atoms with E-state index in [4.69, 9.17) is 11.6 Å². The quantitative estimate of drug-likeness (QED) is 0.814. The third kappa shape index (κ3) is 3.23. The van der Waals surface area contributed by atoms with E-state index in [1.165, 1.54) is 6.20 Å². The summed E-state index contributed by atoms with van der Waals surface area (Å²) in [6.07, 6.45) is -0.600. The van der Waals surface area contributed by atoms with Crippen molar-refractivity contribution in [3.63, 3.8) is 0 Å². The number of hydrogen-bond donors (Lipinski definition) is 0. The molecule has 0 saturated carbocycles. The van der Waals surface area contributed by atoms with Crippen LogP contribution in [0.3, 0.4) is 0 Å². The Labute approximate surface area is 112 Å². The third-order valence-electron chi connectivity index (χ3n) is 2.37. The molecule has 2 rings (SSSR count). The number of hydrogen-bond acceptors (Lipinski definition) is 3. The molecule has 0 aliphatic carbocycles. The Morgan fingerprint density at radius 2 is 2.05 bits per heavy atom. The van der Waals surface area contributed by atoms with Crippen LogP contribution in [0.1, 0.15) is 19.0 Å². The standard InChI is InChI=1S/C11H10ClF3N4/c1-2-3-19-6-7(5-16-19)8-4-9(11(13,14)15)18-10(12)17-8/h4-6H,2-3H2,1H3. The number of rotatable bonds is 3. The van der Waals surface area contributed by atoms with Gasteiger partial charge >= 0.3 is 6.18 Å². The fraction of sp³-hybridized carbons (Fsp3) is 0.364.